The van der Waals surface area contributed by atoms with E-state index in [1.54, 1.807) is 0 Å². The molecule has 0 radical (unpaired) electrons. The average molecular weight is 497 g/mol. The normalized spacial score (nSPS) is 10.5. The monoisotopic (exact) mass is 497 g/mol. The Bertz CT molecular complexity index is 1370. The van der Waals surface area contributed by atoms with E-state index in [-0.39, 0.29) is 59.1 Å². The van der Waals surface area contributed by atoms with Crippen molar-refractivity contribution in [3.05, 3.63) is 60.4 Å². The van der Waals surface area contributed by atoms with Crippen LogP contribution in [0.15, 0.2) is 32.6 Å². The molecule has 0 atom stereocenters. The molecule has 0 spiro atoms. The Kier molecular flexibility index (Phi) is 6.80. The van der Waals surface area contributed by atoms with Crippen LogP contribution in [0.5, 0.6) is 17.6 Å². The molecule has 4 aromatic heterocycles. The van der Waals surface area contributed by atoms with Gasteiger partial charge >= 0.3 is 0 Å². The van der Waals surface area contributed by atoms with Crippen LogP contribution in [0.3, 0.4) is 0 Å². The summed E-state index contributed by atoms with van der Waals surface area (Å²) in [7, 11) is 4.14. The molecule has 5 N–H and O–H groups in total. The van der Waals surface area contributed by atoms with E-state index < -0.39 is 16.3 Å². The molecule has 0 fully saturated rings. The SMILES string of the molecule is COc1cc(=O)c(Cc2nc(Nc3n[nH]c(OC)cc3=O)nc(Nc3n[nH]c(OC)cc3=O)n2)n[nH]1. The minimum Gasteiger partial charge on any atom is -0.481 e. The molecule has 0 aliphatic heterocycles. The van der Waals surface area contributed by atoms with Crippen molar-refractivity contribution in [3.63, 3.8) is 0 Å². The summed E-state index contributed by atoms with van der Waals surface area (Å²) in [6, 6.07) is 3.58. The molecular weight excluding hydrogens is 478 g/mol. The standard InChI is InChI=1S/C19H19N11O6/c1-34-13-5-9(31)8(25-26-13)4-12-20-18(22-16-10(32)6-14(35-2)27-29-16)24-19(21-12)23-17-11(33)7-15(36-3)28-30-17/h5-7H,4H2,1-3H3,(H,26,31)(H,27,32)(H,28,33)(H2,20,21,22,23,24,29,30). The van der Waals surface area contributed by atoms with Gasteiger partial charge in [-0.3, -0.25) is 14.4 Å². The van der Waals surface area contributed by atoms with Crippen LogP contribution < -0.4 is 41.1 Å². The van der Waals surface area contributed by atoms with Crippen molar-refractivity contribution < 1.29 is 14.2 Å². The van der Waals surface area contributed by atoms with Gasteiger partial charge in [0.1, 0.15) is 11.5 Å². The van der Waals surface area contributed by atoms with Gasteiger partial charge in [-0.15, -0.1) is 0 Å². The van der Waals surface area contributed by atoms with Crippen molar-refractivity contribution in [2.24, 2.45) is 0 Å². The number of nitrogens with one attached hydrogen (secondary N) is 5. The lowest BCUT2D eigenvalue weighted by Gasteiger charge is -2.09. The van der Waals surface area contributed by atoms with E-state index in [2.05, 4.69) is 56.2 Å². The van der Waals surface area contributed by atoms with Gasteiger partial charge in [-0.1, -0.05) is 0 Å². The Hall–Kier alpha value is -5.35. The maximum Gasteiger partial charge on any atom is 0.233 e. The number of nitrogens with zero attached hydrogens (tertiary/aromatic N) is 6. The molecule has 17 heteroatoms. The summed E-state index contributed by atoms with van der Waals surface area (Å²) in [5.41, 5.74) is -1.36. The quantitative estimate of drug-likeness (QED) is 0.191. The zero-order valence-corrected chi connectivity index (χ0v) is 19.1. The molecule has 186 valence electrons. The lowest BCUT2D eigenvalue weighted by atomic mass is 10.2. The molecule has 4 rings (SSSR count). The number of methoxy groups -OCH3 is 3. The predicted octanol–water partition coefficient (Wildman–Crippen LogP) is -0.775. The second-order valence-corrected chi connectivity index (χ2v) is 6.87. The lowest BCUT2D eigenvalue weighted by Crippen LogP contribution is -2.18. The van der Waals surface area contributed by atoms with Crippen LogP contribution in [0, 0.1) is 0 Å². The summed E-state index contributed by atoms with van der Waals surface area (Å²) in [5, 5.41) is 24.7. The van der Waals surface area contributed by atoms with E-state index in [1.165, 1.54) is 39.5 Å². The van der Waals surface area contributed by atoms with Gasteiger partial charge in [-0.25, -0.2) is 15.3 Å². The summed E-state index contributed by atoms with van der Waals surface area (Å²) in [5.74, 6) is 0.0602. The van der Waals surface area contributed by atoms with Crippen LogP contribution in [0.4, 0.5) is 23.5 Å². The van der Waals surface area contributed by atoms with E-state index in [4.69, 9.17) is 14.2 Å². The number of H-pyrrole nitrogens is 3. The molecule has 0 aliphatic rings. The number of rotatable bonds is 9. The molecule has 4 aromatic rings. The van der Waals surface area contributed by atoms with Gasteiger partial charge in [0.05, 0.1) is 39.9 Å². The van der Waals surface area contributed by atoms with Crippen molar-refractivity contribution in [1.82, 2.24) is 45.5 Å². The topological polar surface area (TPSA) is 228 Å². The lowest BCUT2D eigenvalue weighted by molar-refractivity contribution is 0.390. The van der Waals surface area contributed by atoms with Crippen LogP contribution >= 0.6 is 0 Å². The molecule has 4 heterocycles. The van der Waals surface area contributed by atoms with Gasteiger partial charge in [0.15, 0.2) is 0 Å². The molecular formula is C19H19N11O6. The number of anilines is 4. The Labute approximate surface area is 200 Å². The Morgan fingerprint density at radius 2 is 1.11 bits per heavy atom. The molecule has 0 saturated carbocycles. The van der Waals surface area contributed by atoms with Crippen molar-refractivity contribution in [3.8, 4) is 17.6 Å². The van der Waals surface area contributed by atoms with E-state index in [9.17, 15) is 14.4 Å². The predicted molar refractivity (Wildman–Crippen MR) is 123 cm³/mol. The van der Waals surface area contributed by atoms with Crippen LogP contribution in [0.25, 0.3) is 0 Å². The minimum atomic E-state index is -0.511. The van der Waals surface area contributed by atoms with Gasteiger partial charge < -0.3 is 24.8 Å². The number of aromatic amines is 3. The maximum atomic E-state index is 12.4. The highest BCUT2D eigenvalue weighted by atomic mass is 16.5. The van der Waals surface area contributed by atoms with Crippen LogP contribution in [0.2, 0.25) is 0 Å². The van der Waals surface area contributed by atoms with E-state index in [0.717, 1.165) is 0 Å². The fraction of sp³-hybridized carbons (Fsp3) is 0.211. The third-order valence-corrected chi connectivity index (χ3v) is 4.52. The smallest absolute Gasteiger partial charge is 0.233 e. The highest BCUT2D eigenvalue weighted by Gasteiger charge is 2.15. The van der Waals surface area contributed by atoms with Gasteiger partial charge in [-0.05, 0) is 0 Å². The average Bonchev–Trinajstić information content (AvgIpc) is 2.87. The largest absolute Gasteiger partial charge is 0.481 e. The van der Waals surface area contributed by atoms with Gasteiger partial charge in [-0.2, -0.15) is 30.2 Å². The fourth-order valence-electron chi connectivity index (χ4n) is 2.78. The number of hydrogen-bond donors (Lipinski definition) is 5. The van der Waals surface area contributed by atoms with Crippen molar-refractivity contribution >= 4 is 23.5 Å². The first-order valence-electron chi connectivity index (χ1n) is 10.1. The molecule has 0 amide bonds. The summed E-state index contributed by atoms with van der Waals surface area (Å²) < 4.78 is 14.8. The van der Waals surface area contributed by atoms with Crippen molar-refractivity contribution in [2.45, 2.75) is 6.42 Å². The first-order chi connectivity index (χ1) is 17.4. The molecule has 0 aliphatic carbocycles. The number of aromatic nitrogens is 9. The summed E-state index contributed by atoms with van der Waals surface area (Å²) in [6.45, 7) is 0. The highest BCUT2D eigenvalue weighted by molar-refractivity contribution is 5.52. The Balaban J connectivity index is 1.71. The van der Waals surface area contributed by atoms with Crippen molar-refractivity contribution in [2.75, 3.05) is 32.0 Å². The second kappa shape index (κ2) is 10.3. The number of hydrogen-bond acceptors (Lipinski definition) is 14. The second-order valence-electron chi connectivity index (χ2n) is 6.87. The van der Waals surface area contributed by atoms with Crippen molar-refractivity contribution in [1.29, 1.82) is 0 Å². The first-order valence-corrected chi connectivity index (χ1v) is 10.1. The summed E-state index contributed by atoms with van der Waals surface area (Å²) in [4.78, 5) is 49.6. The maximum absolute atomic E-state index is 12.4. The zero-order chi connectivity index (χ0) is 25.7. The molecule has 36 heavy (non-hydrogen) atoms. The highest BCUT2D eigenvalue weighted by Crippen LogP contribution is 2.14. The Morgan fingerprint density at radius 1 is 0.667 bits per heavy atom. The Morgan fingerprint density at radius 3 is 1.53 bits per heavy atom. The fourth-order valence-corrected chi connectivity index (χ4v) is 2.78. The van der Waals surface area contributed by atoms with Gasteiger partial charge in [0.25, 0.3) is 0 Å². The summed E-state index contributed by atoms with van der Waals surface area (Å²) >= 11 is 0. The molecule has 0 unspecified atom stereocenters. The minimum absolute atomic E-state index is 0.0769. The van der Waals surface area contributed by atoms with Crippen LogP contribution in [-0.4, -0.2) is 66.9 Å². The number of ether oxygens (including phenoxy) is 3. The zero-order valence-electron chi connectivity index (χ0n) is 19.1. The molecule has 0 saturated heterocycles. The van der Waals surface area contributed by atoms with E-state index >= 15 is 0 Å². The molecule has 17 nitrogen and oxygen atoms in total. The first kappa shape index (κ1) is 23.8. The van der Waals surface area contributed by atoms with Gasteiger partial charge in [0.2, 0.25) is 57.5 Å². The van der Waals surface area contributed by atoms with Crippen LogP contribution in [-0.2, 0) is 6.42 Å². The molecule has 0 bridgehead atoms. The molecule has 0 aromatic carbocycles. The van der Waals surface area contributed by atoms with Gasteiger partial charge in [0, 0.05) is 6.07 Å². The summed E-state index contributed by atoms with van der Waals surface area (Å²) in [6.07, 6.45) is -0.121. The van der Waals surface area contributed by atoms with Crippen LogP contribution in [0.1, 0.15) is 11.5 Å². The third-order valence-electron chi connectivity index (χ3n) is 4.52. The van der Waals surface area contributed by atoms with E-state index in [1.807, 2.05) is 0 Å². The third kappa shape index (κ3) is 5.41. The van der Waals surface area contributed by atoms with E-state index in [0.29, 0.717) is 0 Å².